The summed E-state index contributed by atoms with van der Waals surface area (Å²) in [6.45, 7) is 4.52. The zero-order chi connectivity index (χ0) is 11.6. The van der Waals surface area contributed by atoms with Crippen molar-refractivity contribution in [2.45, 2.75) is 32.9 Å². The van der Waals surface area contributed by atoms with Crippen LogP contribution in [0.1, 0.15) is 18.3 Å². The van der Waals surface area contributed by atoms with Gasteiger partial charge in [0.1, 0.15) is 6.04 Å². The summed E-state index contributed by atoms with van der Waals surface area (Å²) in [6, 6.07) is -0.886. The molecule has 0 saturated heterocycles. The van der Waals surface area contributed by atoms with Gasteiger partial charge < -0.3 is 10.8 Å². The number of hydrogen-bond acceptors (Lipinski definition) is 3. The second-order valence-corrected chi connectivity index (χ2v) is 4.10. The number of nitrogens with zero attached hydrogens (tertiary/aromatic N) is 2. The lowest BCUT2D eigenvalue weighted by molar-refractivity contribution is -0.138. The summed E-state index contributed by atoms with van der Waals surface area (Å²) in [7, 11) is 0. The molecule has 0 bridgehead atoms. The molecule has 0 spiro atoms. The topological polar surface area (TPSA) is 81.1 Å². The Morgan fingerprint density at radius 2 is 2.33 bits per heavy atom. The maximum absolute atomic E-state index is 10.7. The van der Waals surface area contributed by atoms with Crippen LogP contribution in [-0.4, -0.2) is 26.9 Å². The summed E-state index contributed by atoms with van der Waals surface area (Å²) < 4.78 is 2.61. The largest absolute Gasteiger partial charge is 0.480 e. The van der Waals surface area contributed by atoms with E-state index in [1.165, 1.54) is 0 Å². The van der Waals surface area contributed by atoms with Gasteiger partial charge in [-0.1, -0.05) is 0 Å². The smallest absolute Gasteiger partial charge is 0.320 e. The van der Waals surface area contributed by atoms with Crippen molar-refractivity contribution in [2.75, 3.05) is 0 Å². The number of hydrogen-bond donors (Lipinski definition) is 2. The van der Waals surface area contributed by atoms with E-state index in [4.69, 9.17) is 10.8 Å². The van der Waals surface area contributed by atoms with Gasteiger partial charge in [0.25, 0.3) is 0 Å². The number of halogens is 1. The number of aryl methyl sites for hydroxylation is 2. The number of aliphatic carboxylic acids is 1. The van der Waals surface area contributed by atoms with Crippen LogP contribution in [0.15, 0.2) is 4.47 Å². The van der Waals surface area contributed by atoms with Gasteiger partial charge in [-0.15, -0.1) is 0 Å². The molecule has 0 saturated carbocycles. The highest BCUT2D eigenvalue weighted by molar-refractivity contribution is 9.10. The number of aromatic nitrogens is 2. The molecule has 0 unspecified atom stereocenters. The van der Waals surface area contributed by atoms with E-state index < -0.39 is 12.0 Å². The van der Waals surface area contributed by atoms with Crippen LogP contribution < -0.4 is 5.73 Å². The number of rotatable bonds is 4. The van der Waals surface area contributed by atoms with Crippen molar-refractivity contribution in [2.24, 2.45) is 5.73 Å². The first kappa shape index (κ1) is 12.2. The van der Waals surface area contributed by atoms with Gasteiger partial charge in [-0.3, -0.25) is 9.48 Å². The predicted octanol–water partition coefficient (Wildman–Crippen LogP) is 0.928. The fourth-order valence-corrected chi connectivity index (χ4v) is 1.81. The van der Waals surface area contributed by atoms with E-state index in [-0.39, 0.29) is 6.42 Å². The molecule has 0 aliphatic carbocycles. The zero-order valence-corrected chi connectivity index (χ0v) is 10.3. The number of carboxylic acid groups (broad SMARTS) is 1. The predicted molar refractivity (Wildman–Crippen MR) is 59.7 cm³/mol. The second-order valence-electron chi connectivity index (χ2n) is 3.31. The average Bonchev–Trinajstić information content (AvgIpc) is 2.45. The summed E-state index contributed by atoms with van der Waals surface area (Å²) in [5.41, 5.74) is 7.18. The van der Waals surface area contributed by atoms with Gasteiger partial charge in [-0.25, -0.2) is 0 Å². The Morgan fingerprint density at radius 1 is 1.73 bits per heavy atom. The standard InChI is InChI=1S/C9H14BrN3O2/c1-3-13-7(4-6(11)9(14)15)8(10)5(2)12-13/h6H,3-4,11H2,1-2H3,(H,14,15)/t6-/m0/s1. The molecule has 1 rings (SSSR count). The van der Waals surface area contributed by atoms with Crippen LogP contribution in [0.25, 0.3) is 0 Å². The molecule has 1 atom stereocenters. The summed E-state index contributed by atoms with van der Waals surface area (Å²) >= 11 is 3.39. The molecule has 15 heavy (non-hydrogen) atoms. The summed E-state index contributed by atoms with van der Waals surface area (Å²) in [5, 5.41) is 13.0. The van der Waals surface area contributed by atoms with Crippen LogP contribution in [-0.2, 0) is 17.8 Å². The lowest BCUT2D eigenvalue weighted by Gasteiger charge is -2.08. The number of carboxylic acids is 1. The van der Waals surface area contributed by atoms with Gasteiger partial charge in [0.2, 0.25) is 0 Å². The summed E-state index contributed by atoms with van der Waals surface area (Å²) in [6.07, 6.45) is 0.282. The van der Waals surface area contributed by atoms with Crippen molar-refractivity contribution in [1.29, 1.82) is 0 Å². The maximum atomic E-state index is 10.7. The molecule has 84 valence electrons. The molecule has 1 aromatic heterocycles. The zero-order valence-electron chi connectivity index (χ0n) is 8.70. The van der Waals surface area contributed by atoms with Gasteiger partial charge in [0.15, 0.2) is 0 Å². The third-order valence-corrected chi connectivity index (χ3v) is 3.21. The molecule has 0 radical (unpaired) electrons. The number of nitrogens with two attached hydrogens (primary N) is 1. The monoisotopic (exact) mass is 275 g/mol. The maximum Gasteiger partial charge on any atom is 0.320 e. The SMILES string of the molecule is CCn1nc(C)c(Br)c1C[C@H](N)C(=O)O. The normalized spacial score (nSPS) is 12.8. The third-order valence-electron chi connectivity index (χ3n) is 2.18. The molecule has 0 amide bonds. The van der Waals surface area contributed by atoms with Crippen LogP contribution >= 0.6 is 15.9 Å². The molecule has 0 aliphatic rings. The molecule has 1 aromatic rings. The van der Waals surface area contributed by atoms with E-state index in [1.54, 1.807) is 4.68 Å². The van der Waals surface area contributed by atoms with Crippen molar-refractivity contribution < 1.29 is 9.90 Å². The van der Waals surface area contributed by atoms with Crippen LogP contribution in [0, 0.1) is 6.92 Å². The van der Waals surface area contributed by atoms with Crippen LogP contribution in [0.2, 0.25) is 0 Å². The second kappa shape index (κ2) is 4.76. The van der Waals surface area contributed by atoms with Crippen molar-refractivity contribution in [3.63, 3.8) is 0 Å². The Balaban J connectivity index is 2.97. The molecular formula is C9H14BrN3O2. The van der Waals surface area contributed by atoms with E-state index in [2.05, 4.69) is 21.0 Å². The third kappa shape index (κ3) is 2.57. The minimum Gasteiger partial charge on any atom is -0.480 e. The lowest BCUT2D eigenvalue weighted by atomic mass is 10.1. The Kier molecular flexibility index (Phi) is 3.87. The first-order valence-electron chi connectivity index (χ1n) is 4.67. The molecule has 1 heterocycles. The van der Waals surface area contributed by atoms with Crippen LogP contribution in [0.4, 0.5) is 0 Å². The van der Waals surface area contributed by atoms with Gasteiger partial charge in [0, 0.05) is 13.0 Å². The van der Waals surface area contributed by atoms with Crippen molar-refractivity contribution >= 4 is 21.9 Å². The average molecular weight is 276 g/mol. The Labute approximate surface area is 96.4 Å². The highest BCUT2D eigenvalue weighted by Gasteiger charge is 2.19. The van der Waals surface area contributed by atoms with E-state index in [0.717, 1.165) is 15.9 Å². The molecule has 6 heteroatoms. The Morgan fingerprint density at radius 3 is 2.80 bits per heavy atom. The molecule has 0 aromatic carbocycles. The van der Waals surface area contributed by atoms with E-state index >= 15 is 0 Å². The lowest BCUT2D eigenvalue weighted by Crippen LogP contribution is -2.33. The van der Waals surface area contributed by atoms with E-state index in [1.807, 2.05) is 13.8 Å². The first-order valence-corrected chi connectivity index (χ1v) is 5.46. The highest BCUT2D eigenvalue weighted by Crippen LogP contribution is 2.22. The fraction of sp³-hybridized carbons (Fsp3) is 0.556. The van der Waals surface area contributed by atoms with E-state index in [9.17, 15) is 4.79 Å². The van der Waals surface area contributed by atoms with Crippen LogP contribution in [0.3, 0.4) is 0 Å². The van der Waals surface area contributed by atoms with Gasteiger partial charge in [-0.05, 0) is 29.8 Å². The van der Waals surface area contributed by atoms with Gasteiger partial charge >= 0.3 is 5.97 Å². The minimum atomic E-state index is -0.997. The van der Waals surface area contributed by atoms with Crippen LogP contribution in [0.5, 0.6) is 0 Å². The number of carbonyl (C=O) groups is 1. The summed E-state index contributed by atoms with van der Waals surface area (Å²) in [4.78, 5) is 10.7. The molecule has 0 aliphatic heterocycles. The van der Waals surface area contributed by atoms with Crippen molar-refractivity contribution in [1.82, 2.24) is 9.78 Å². The van der Waals surface area contributed by atoms with E-state index in [0.29, 0.717) is 6.54 Å². The molecule has 0 fully saturated rings. The van der Waals surface area contributed by atoms with Crippen molar-refractivity contribution in [3.05, 3.63) is 15.9 Å². The quantitative estimate of drug-likeness (QED) is 0.857. The van der Waals surface area contributed by atoms with Gasteiger partial charge in [-0.2, -0.15) is 5.10 Å². The Hall–Kier alpha value is -0.880. The van der Waals surface area contributed by atoms with Gasteiger partial charge in [0.05, 0.1) is 15.9 Å². The highest BCUT2D eigenvalue weighted by atomic mass is 79.9. The van der Waals surface area contributed by atoms with Crippen molar-refractivity contribution in [3.8, 4) is 0 Å². The minimum absolute atomic E-state index is 0.282. The fourth-order valence-electron chi connectivity index (χ4n) is 1.36. The Bertz CT molecular complexity index is 376. The molecule has 3 N–H and O–H groups in total. The molecule has 5 nitrogen and oxygen atoms in total. The first-order chi connectivity index (χ1) is 6.97. The summed E-state index contributed by atoms with van der Waals surface area (Å²) in [5.74, 6) is -0.997. The molecular weight excluding hydrogens is 262 g/mol.